The predicted octanol–water partition coefficient (Wildman–Crippen LogP) is 4.03. The molecule has 0 aliphatic carbocycles. The first kappa shape index (κ1) is 24.2. The molecule has 0 unspecified atom stereocenters. The van der Waals surface area contributed by atoms with Crippen LogP contribution < -0.4 is 19.5 Å². The number of carbonyl (C=O) groups excluding carboxylic acids is 1. The number of methoxy groups -OCH3 is 1. The molecule has 0 radical (unpaired) electrons. The standard InChI is InChI=1S/C19H16ClF3N4O5S/c1-27-15(5-6-24-27)18(28)25-12-3-4-17(16(10-12)31-2)33(29,30)26-13-7-11(20)8-14(9-13)32-19(21,22)23/h3-10,26H,1-2H3,(H,25,28). The summed E-state index contributed by atoms with van der Waals surface area (Å²) in [6, 6.07) is 8.08. The van der Waals surface area contributed by atoms with Crippen LogP contribution in [-0.2, 0) is 17.1 Å². The zero-order valence-corrected chi connectivity index (χ0v) is 18.5. The van der Waals surface area contributed by atoms with Crippen molar-refractivity contribution in [3.05, 3.63) is 59.4 Å². The van der Waals surface area contributed by atoms with Gasteiger partial charge in [-0.15, -0.1) is 13.2 Å². The number of benzene rings is 2. The van der Waals surface area contributed by atoms with E-state index in [-0.39, 0.29) is 32.7 Å². The minimum Gasteiger partial charge on any atom is -0.495 e. The molecule has 0 saturated carbocycles. The maximum absolute atomic E-state index is 12.9. The van der Waals surface area contributed by atoms with Gasteiger partial charge in [-0.05, 0) is 30.3 Å². The molecule has 1 amide bonds. The lowest BCUT2D eigenvalue weighted by Gasteiger charge is -2.15. The monoisotopic (exact) mass is 504 g/mol. The van der Waals surface area contributed by atoms with E-state index < -0.39 is 28.0 Å². The number of alkyl halides is 3. The lowest BCUT2D eigenvalue weighted by atomic mass is 10.3. The first-order valence-corrected chi connectivity index (χ1v) is 10.8. The van der Waals surface area contributed by atoms with Crippen molar-refractivity contribution in [3.8, 4) is 11.5 Å². The van der Waals surface area contributed by atoms with Crippen LogP contribution in [0.25, 0.3) is 0 Å². The number of nitrogens with zero attached hydrogens (tertiary/aromatic N) is 2. The highest BCUT2D eigenvalue weighted by atomic mass is 35.5. The van der Waals surface area contributed by atoms with E-state index in [9.17, 15) is 26.4 Å². The summed E-state index contributed by atoms with van der Waals surface area (Å²) in [5.74, 6) is -1.31. The van der Waals surface area contributed by atoms with Crippen molar-refractivity contribution >= 4 is 38.9 Å². The Balaban J connectivity index is 1.86. The molecule has 2 N–H and O–H groups in total. The van der Waals surface area contributed by atoms with Gasteiger partial charge < -0.3 is 14.8 Å². The van der Waals surface area contributed by atoms with Crippen molar-refractivity contribution < 1.29 is 35.9 Å². The highest BCUT2D eigenvalue weighted by molar-refractivity contribution is 7.92. The zero-order chi connectivity index (χ0) is 24.4. The summed E-state index contributed by atoms with van der Waals surface area (Å²) in [6.45, 7) is 0. The summed E-state index contributed by atoms with van der Waals surface area (Å²) in [5.41, 5.74) is 0.239. The molecule has 1 aromatic heterocycles. The van der Waals surface area contributed by atoms with Gasteiger partial charge in [-0.2, -0.15) is 5.10 Å². The fraction of sp³-hybridized carbons (Fsp3) is 0.158. The number of nitrogens with one attached hydrogen (secondary N) is 2. The molecule has 0 atom stereocenters. The lowest BCUT2D eigenvalue weighted by molar-refractivity contribution is -0.274. The fourth-order valence-electron chi connectivity index (χ4n) is 2.78. The Bertz CT molecular complexity index is 1290. The molecule has 3 aromatic rings. The van der Waals surface area contributed by atoms with Gasteiger partial charge in [0, 0.05) is 36.1 Å². The average molecular weight is 505 g/mol. The molecule has 0 bridgehead atoms. The maximum atomic E-state index is 12.9. The molecular formula is C19H16ClF3N4O5S. The third-order valence-corrected chi connectivity index (χ3v) is 5.76. The molecule has 0 saturated heterocycles. The second-order valence-electron chi connectivity index (χ2n) is 6.49. The molecule has 14 heteroatoms. The van der Waals surface area contributed by atoms with E-state index in [0.717, 1.165) is 24.3 Å². The smallest absolute Gasteiger partial charge is 0.495 e. The minimum absolute atomic E-state index is 0.126. The van der Waals surface area contributed by atoms with E-state index in [0.29, 0.717) is 0 Å². The van der Waals surface area contributed by atoms with Gasteiger partial charge in [0.1, 0.15) is 22.1 Å². The van der Waals surface area contributed by atoms with E-state index in [1.54, 1.807) is 7.05 Å². The number of rotatable bonds is 7. The van der Waals surface area contributed by atoms with Crippen molar-refractivity contribution in [1.29, 1.82) is 0 Å². The van der Waals surface area contributed by atoms with Crippen LogP contribution in [0.1, 0.15) is 10.5 Å². The van der Waals surface area contributed by atoms with Gasteiger partial charge >= 0.3 is 6.36 Å². The lowest BCUT2D eigenvalue weighted by Crippen LogP contribution is -2.18. The van der Waals surface area contributed by atoms with Crippen LogP contribution in [0.15, 0.2) is 53.6 Å². The Hall–Kier alpha value is -3.45. The molecule has 2 aromatic carbocycles. The van der Waals surface area contributed by atoms with Gasteiger partial charge in [0.05, 0.1) is 12.8 Å². The number of aryl methyl sites for hydroxylation is 1. The molecule has 1 heterocycles. The predicted molar refractivity (Wildman–Crippen MR) is 113 cm³/mol. The van der Waals surface area contributed by atoms with E-state index >= 15 is 0 Å². The molecule has 0 spiro atoms. The fourth-order valence-corrected chi connectivity index (χ4v) is 4.20. The molecule has 0 aliphatic heterocycles. The number of hydrogen-bond acceptors (Lipinski definition) is 6. The number of halogens is 4. The molecule has 176 valence electrons. The van der Waals surface area contributed by atoms with Gasteiger partial charge in [-0.3, -0.25) is 14.2 Å². The molecule has 33 heavy (non-hydrogen) atoms. The summed E-state index contributed by atoms with van der Waals surface area (Å²) < 4.78 is 75.6. The molecule has 3 rings (SSSR count). The van der Waals surface area contributed by atoms with Crippen LogP contribution in [0, 0.1) is 0 Å². The number of anilines is 2. The summed E-state index contributed by atoms with van der Waals surface area (Å²) in [5, 5.41) is 6.30. The van der Waals surface area contributed by atoms with E-state index in [1.165, 1.54) is 36.2 Å². The van der Waals surface area contributed by atoms with Crippen molar-refractivity contribution in [2.24, 2.45) is 7.05 Å². The second-order valence-corrected chi connectivity index (χ2v) is 8.58. The first-order valence-electron chi connectivity index (χ1n) is 8.94. The van der Waals surface area contributed by atoms with E-state index in [2.05, 4.69) is 19.9 Å². The van der Waals surface area contributed by atoms with Gasteiger partial charge in [0.15, 0.2) is 0 Å². The SMILES string of the molecule is COc1cc(NC(=O)c2ccnn2C)ccc1S(=O)(=O)Nc1cc(Cl)cc(OC(F)(F)F)c1. The van der Waals surface area contributed by atoms with Gasteiger partial charge in [-0.1, -0.05) is 11.6 Å². The van der Waals surface area contributed by atoms with Crippen LogP contribution in [0.2, 0.25) is 5.02 Å². The van der Waals surface area contributed by atoms with E-state index in [4.69, 9.17) is 16.3 Å². The Morgan fingerprint density at radius 1 is 1.12 bits per heavy atom. The Morgan fingerprint density at radius 3 is 2.45 bits per heavy atom. The van der Waals surface area contributed by atoms with Gasteiger partial charge in [-0.25, -0.2) is 8.42 Å². The summed E-state index contributed by atoms with van der Waals surface area (Å²) in [6.07, 6.45) is -3.54. The highest BCUT2D eigenvalue weighted by Crippen LogP contribution is 2.32. The molecule has 0 fully saturated rings. The summed E-state index contributed by atoms with van der Waals surface area (Å²) in [7, 11) is -1.53. The van der Waals surface area contributed by atoms with Crippen molar-refractivity contribution in [1.82, 2.24) is 9.78 Å². The number of hydrogen-bond donors (Lipinski definition) is 2. The zero-order valence-electron chi connectivity index (χ0n) is 17.0. The largest absolute Gasteiger partial charge is 0.573 e. The quantitative estimate of drug-likeness (QED) is 0.502. The van der Waals surface area contributed by atoms with Gasteiger partial charge in [0.2, 0.25) is 0 Å². The van der Waals surface area contributed by atoms with Crippen LogP contribution >= 0.6 is 11.6 Å². The van der Waals surface area contributed by atoms with Crippen molar-refractivity contribution in [2.45, 2.75) is 11.3 Å². The minimum atomic E-state index is -4.99. The second kappa shape index (κ2) is 9.19. The van der Waals surface area contributed by atoms with Crippen molar-refractivity contribution in [3.63, 3.8) is 0 Å². The number of aromatic nitrogens is 2. The molecule has 9 nitrogen and oxygen atoms in total. The third-order valence-electron chi connectivity index (χ3n) is 4.12. The normalized spacial score (nSPS) is 11.7. The molecule has 0 aliphatic rings. The Kier molecular flexibility index (Phi) is 6.74. The van der Waals surface area contributed by atoms with E-state index in [1.807, 2.05) is 0 Å². The third kappa shape index (κ3) is 6.08. The van der Waals surface area contributed by atoms with Crippen LogP contribution in [0.3, 0.4) is 0 Å². The highest BCUT2D eigenvalue weighted by Gasteiger charge is 2.31. The topological polar surface area (TPSA) is 112 Å². The van der Waals surface area contributed by atoms with Crippen molar-refractivity contribution in [2.75, 3.05) is 17.1 Å². The van der Waals surface area contributed by atoms with Crippen LogP contribution in [0.5, 0.6) is 11.5 Å². The summed E-state index contributed by atoms with van der Waals surface area (Å²) in [4.78, 5) is 12.0. The van der Waals surface area contributed by atoms with Gasteiger partial charge in [0.25, 0.3) is 15.9 Å². The Labute approximate surface area is 191 Å². The Morgan fingerprint density at radius 2 is 1.85 bits per heavy atom. The van der Waals surface area contributed by atoms with Crippen LogP contribution in [0.4, 0.5) is 24.5 Å². The number of ether oxygens (including phenoxy) is 2. The number of carbonyl (C=O) groups is 1. The number of amides is 1. The average Bonchev–Trinajstić information content (AvgIpc) is 3.11. The number of sulfonamides is 1. The summed E-state index contributed by atoms with van der Waals surface area (Å²) >= 11 is 5.78. The van der Waals surface area contributed by atoms with Crippen LogP contribution in [-0.4, -0.2) is 37.6 Å². The first-order chi connectivity index (χ1) is 15.4. The molecular weight excluding hydrogens is 489 g/mol. The maximum Gasteiger partial charge on any atom is 0.573 e.